The number of fused-ring (bicyclic) bond motifs is 2. The van der Waals surface area contributed by atoms with E-state index < -0.39 is 17.7 Å². The van der Waals surface area contributed by atoms with Gasteiger partial charge in [0.15, 0.2) is 0 Å². The van der Waals surface area contributed by atoms with Crippen LogP contribution in [0.2, 0.25) is 0 Å². The third kappa shape index (κ3) is 1.38. The summed E-state index contributed by atoms with van der Waals surface area (Å²) < 4.78 is 42.0. The Hall–Kier alpha value is -1.25. The van der Waals surface area contributed by atoms with Gasteiger partial charge in [0.25, 0.3) is 5.92 Å². The van der Waals surface area contributed by atoms with Gasteiger partial charge in [-0.15, -0.1) is 0 Å². The zero-order valence-corrected chi connectivity index (χ0v) is 9.51. The SMILES string of the molecule is CC1CC2Cc3ccccc3C(F)=C2C1(F)F. The van der Waals surface area contributed by atoms with Crippen LogP contribution in [-0.4, -0.2) is 5.92 Å². The maximum absolute atomic E-state index is 14.2. The van der Waals surface area contributed by atoms with Crippen LogP contribution in [0.1, 0.15) is 24.5 Å². The highest BCUT2D eigenvalue weighted by atomic mass is 19.3. The van der Waals surface area contributed by atoms with Gasteiger partial charge in [0, 0.05) is 17.1 Å². The second-order valence-electron chi connectivity index (χ2n) is 5.05. The first kappa shape index (κ1) is 10.9. The van der Waals surface area contributed by atoms with Crippen molar-refractivity contribution in [2.24, 2.45) is 11.8 Å². The van der Waals surface area contributed by atoms with Crippen LogP contribution in [0.3, 0.4) is 0 Å². The number of benzene rings is 1. The minimum Gasteiger partial charge on any atom is -0.206 e. The van der Waals surface area contributed by atoms with Crippen molar-refractivity contribution in [2.75, 3.05) is 0 Å². The second-order valence-corrected chi connectivity index (χ2v) is 5.05. The zero-order chi connectivity index (χ0) is 12.2. The first-order chi connectivity index (χ1) is 8.01. The van der Waals surface area contributed by atoms with E-state index in [9.17, 15) is 13.2 Å². The zero-order valence-electron chi connectivity index (χ0n) is 9.51. The number of allylic oxidation sites excluding steroid dienone is 1. The molecular weight excluding hydrogens is 225 g/mol. The van der Waals surface area contributed by atoms with Crippen LogP contribution in [0.25, 0.3) is 5.83 Å². The minimum atomic E-state index is -2.98. The highest BCUT2D eigenvalue weighted by Gasteiger charge is 2.54. The maximum atomic E-state index is 14.2. The maximum Gasteiger partial charge on any atom is 0.275 e. The first-order valence-corrected chi connectivity index (χ1v) is 5.88. The Kier molecular flexibility index (Phi) is 2.16. The predicted octanol–water partition coefficient (Wildman–Crippen LogP) is 4.21. The molecule has 0 N–H and O–H groups in total. The first-order valence-electron chi connectivity index (χ1n) is 5.88. The summed E-state index contributed by atoms with van der Waals surface area (Å²) in [5.74, 6) is -4.76. The molecule has 0 radical (unpaired) electrons. The lowest BCUT2D eigenvalue weighted by atomic mass is 9.84. The molecule has 0 bridgehead atoms. The molecule has 17 heavy (non-hydrogen) atoms. The van der Waals surface area contributed by atoms with Crippen LogP contribution in [0.15, 0.2) is 29.8 Å². The Morgan fingerprint density at radius 1 is 1.24 bits per heavy atom. The predicted molar refractivity (Wildman–Crippen MR) is 60.4 cm³/mol. The normalized spacial score (nSPS) is 30.1. The molecule has 2 aliphatic rings. The fourth-order valence-corrected chi connectivity index (χ4v) is 3.06. The molecule has 1 saturated carbocycles. The van der Waals surface area contributed by atoms with Gasteiger partial charge in [-0.1, -0.05) is 31.2 Å². The van der Waals surface area contributed by atoms with Crippen LogP contribution in [0.5, 0.6) is 0 Å². The largest absolute Gasteiger partial charge is 0.275 e. The topological polar surface area (TPSA) is 0 Å². The van der Waals surface area contributed by atoms with Crippen LogP contribution in [-0.2, 0) is 6.42 Å². The van der Waals surface area contributed by atoms with E-state index in [-0.39, 0.29) is 11.5 Å². The van der Waals surface area contributed by atoms with Crippen molar-refractivity contribution in [1.29, 1.82) is 0 Å². The molecule has 2 unspecified atom stereocenters. The van der Waals surface area contributed by atoms with Crippen LogP contribution < -0.4 is 0 Å². The molecular formula is C14H13F3. The highest BCUT2D eigenvalue weighted by molar-refractivity contribution is 5.70. The Morgan fingerprint density at radius 3 is 2.71 bits per heavy atom. The van der Waals surface area contributed by atoms with Gasteiger partial charge in [-0.05, 0) is 24.3 Å². The summed E-state index contributed by atoms with van der Waals surface area (Å²) in [6, 6.07) is 6.93. The van der Waals surface area contributed by atoms with E-state index in [1.807, 2.05) is 12.1 Å². The summed E-state index contributed by atoms with van der Waals surface area (Å²) in [7, 11) is 0. The molecule has 3 heteroatoms. The molecule has 0 aliphatic heterocycles. The van der Waals surface area contributed by atoms with Crippen molar-refractivity contribution in [2.45, 2.75) is 25.7 Å². The van der Waals surface area contributed by atoms with E-state index in [2.05, 4.69) is 0 Å². The van der Waals surface area contributed by atoms with Gasteiger partial charge in [0.1, 0.15) is 5.83 Å². The molecule has 90 valence electrons. The van der Waals surface area contributed by atoms with Gasteiger partial charge in [-0.3, -0.25) is 0 Å². The van der Waals surface area contributed by atoms with Crippen molar-refractivity contribution >= 4 is 5.83 Å². The van der Waals surface area contributed by atoms with E-state index >= 15 is 0 Å². The number of hydrogen-bond donors (Lipinski definition) is 0. The smallest absolute Gasteiger partial charge is 0.206 e. The molecule has 0 heterocycles. The summed E-state index contributed by atoms with van der Waals surface area (Å²) in [6.07, 6.45) is 0.920. The van der Waals surface area contributed by atoms with E-state index in [0.717, 1.165) is 5.56 Å². The average molecular weight is 238 g/mol. The molecule has 0 amide bonds. The highest BCUT2D eigenvalue weighted by Crippen LogP contribution is 2.54. The molecule has 2 aliphatic carbocycles. The Bertz CT molecular complexity index is 502. The number of hydrogen-bond acceptors (Lipinski definition) is 0. The number of halogens is 3. The van der Waals surface area contributed by atoms with Gasteiger partial charge in [-0.25, -0.2) is 13.2 Å². The Labute approximate surface area is 98.1 Å². The summed E-state index contributed by atoms with van der Waals surface area (Å²) in [5.41, 5.74) is 0.944. The van der Waals surface area contributed by atoms with Gasteiger partial charge < -0.3 is 0 Å². The van der Waals surface area contributed by atoms with Crippen molar-refractivity contribution in [3.8, 4) is 0 Å². The van der Waals surface area contributed by atoms with E-state index in [4.69, 9.17) is 0 Å². The van der Waals surface area contributed by atoms with Gasteiger partial charge in [-0.2, -0.15) is 0 Å². The molecule has 1 aromatic rings. The molecule has 3 rings (SSSR count). The second kappa shape index (κ2) is 3.37. The molecule has 0 spiro atoms. The lowest BCUT2D eigenvalue weighted by Crippen LogP contribution is -2.24. The summed E-state index contributed by atoms with van der Waals surface area (Å²) in [4.78, 5) is 0. The van der Waals surface area contributed by atoms with E-state index in [1.54, 1.807) is 12.1 Å². The third-order valence-electron chi connectivity index (χ3n) is 3.98. The van der Waals surface area contributed by atoms with E-state index in [0.29, 0.717) is 18.4 Å². The van der Waals surface area contributed by atoms with Gasteiger partial charge in [0.2, 0.25) is 0 Å². The Morgan fingerprint density at radius 2 is 1.94 bits per heavy atom. The quantitative estimate of drug-likeness (QED) is 0.635. The fourth-order valence-electron chi connectivity index (χ4n) is 3.06. The number of alkyl halides is 2. The van der Waals surface area contributed by atoms with Crippen molar-refractivity contribution < 1.29 is 13.2 Å². The summed E-state index contributed by atoms with van der Waals surface area (Å²) in [6.45, 7) is 1.50. The van der Waals surface area contributed by atoms with Gasteiger partial charge in [0.05, 0.1) is 0 Å². The van der Waals surface area contributed by atoms with Crippen molar-refractivity contribution in [3.63, 3.8) is 0 Å². The third-order valence-corrected chi connectivity index (χ3v) is 3.98. The summed E-state index contributed by atoms with van der Waals surface area (Å²) >= 11 is 0. The Balaban J connectivity index is 2.20. The number of rotatable bonds is 0. The lowest BCUT2D eigenvalue weighted by Gasteiger charge is -2.24. The van der Waals surface area contributed by atoms with Gasteiger partial charge >= 0.3 is 0 Å². The van der Waals surface area contributed by atoms with Crippen LogP contribution >= 0.6 is 0 Å². The molecule has 2 atom stereocenters. The van der Waals surface area contributed by atoms with Crippen molar-refractivity contribution in [3.05, 3.63) is 41.0 Å². The molecule has 0 aromatic heterocycles. The van der Waals surface area contributed by atoms with Crippen LogP contribution in [0, 0.1) is 11.8 Å². The van der Waals surface area contributed by atoms with Crippen LogP contribution in [0.4, 0.5) is 13.2 Å². The summed E-state index contributed by atoms with van der Waals surface area (Å²) in [5, 5.41) is 0. The standard InChI is InChI=1S/C14H13F3/c1-8-6-10-7-9-4-2-3-5-11(9)13(15)12(10)14(8,16)17/h2-5,8,10H,6-7H2,1H3. The fraction of sp³-hybridized carbons (Fsp3) is 0.429. The van der Waals surface area contributed by atoms with Crippen molar-refractivity contribution in [1.82, 2.24) is 0 Å². The average Bonchev–Trinajstić information content (AvgIpc) is 2.50. The molecule has 1 aromatic carbocycles. The van der Waals surface area contributed by atoms with E-state index in [1.165, 1.54) is 6.92 Å². The molecule has 1 fully saturated rings. The minimum absolute atomic E-state index is 0.260. The molecule has 0 nitrogen and oxygen atoms in total. The lowest BCUT2D eigenvalue weighted by molar-refractivity contribution is 0.00533. The monoisotopic (exact) mass is 238 g/mol. The molecule has 0 saturated heterocycles.